The van der Waals surface area contributed by atoms with Gasteiger partial charge < -0.3 is 4.74 Å². The molecule has 0 unspecified atom stereocenters. The maximum atomic E-state index is 6.40. The lowest BCUT2D eigenvalue weighted by atomic mass is 10.00. The van der Waals surface area contributed by atoms with E-state index < -0.39 is 0 Å². The van der Waals surface area contributed by atoms with Gasteiger partial charge in [0.05, 0.1) is 24.5 Å². The summed E-state index contributed by atoms with van der Waals surface area (Å²) in [5.74, 6) is 0. The number of ether oxygens (including phenoxy) is 1. The first-order chi connectivity index (χ1) is 11.7. The number of hydrogen-bond acceptors (Lipinski definition) is 4. The summed E-state index contributed by atoms with van der Waals surface area (Å²) in [6, 6.07) is 14.1. The normalized spacial score (nSPS) is 16.8. The van der Waals surface area contributed by atoms with E-state index >= 15 is 0 Å². The van der Waals surface area contributed by atoms with E-state index in [1.807, 2.05) is 42.5 Å². The molecule has 2 aromatic rings. The largest absolute Gasteiger partial charge is 0.463 e. The number of benzene rings is 2. The standard InChI is InChI=1S/C18H15Cl2N3O/c19-12-5-6-16-14(11-12)17(13-3-1-2-4-15(13)20)21-7-9-23(16)18-22-8-10-24-18/h1-6,11H,7-10H2. The lowest BCUT2D eigenvalue weighted by Gasteiger charge is -2.23. The molecule has 0 radical (unpaired) electrons. The van der Waals surface area contributed by atoms with Crippen molar-refractivity contribution in [1.29, 1.82) is 0 Å². The van der Waals surface area contributed by atoms with Crippen LogP contribution in [0, 0.1) is 0 Å². The lowest BCUT2D eigenvalue weighted by molar-refractivity contribution is 0.339. The maximum Gasteiger partial charge on any atom is 0.292 e. The van der Waals surface area contributed by atoms with Crippen molar-refractivity contribution in [3.8, 4) is 0 Å². The molecule has 0 aliphatic carbocycles. The Bertz CT molecular complexity index is 848. The Hall–Kier alpha value is -2.04. The minimum Gasteiger partial charge on any atom is -0.463 e. The molecular weight excluding hydrogens is 345 g/mol. The third kappa shape index (κ3) is 2.76. The van der Waals surface area contributed by atoms with Gasteiger partial charge in [-0.15, -0.1) is 0 Å². The molecule has 4 nitrogen and oxygen atoms in total. The Labute approximate surface area is 150 Å². The number of fused-ring (bicyclic) bond motifs is 1. The fourth-order valence-corrected chi connectivity index (χ4v) is 3.37. The highest BCUT2D eigenvalue weighted by Crippen LogP contribution is 2.31. The number of nitrogens with zero attached hydrogens (tertiary/aromatic N) is 3. The molecule has 0 spiro atoms. The van der Waals surface area contributed by atoms with Crippen molar-refractivity contribution < 1.29 is 4.74 Å². The van der Waals surface area contributed by atoms with Gasteiger partial charge in [-0.05, 0) is 24.3 Å². The molecule has 0 N–H and O–H groups in total. The van der Waals surface area contributed by atoms with Gasteiger partial charge in [0, 0.05) is 27.7 Å². The van der Waals surface area contributed by atoms with Crippen LogP contribution in [0.1, 0.15) is 11.1 Å². The van der Waals surface area contributed by atoms with Crippen molar-refractivity contribution in [1.82, 2.24) is 0 Å². The van der Waals surface area contributed by atoms with Crippen molar-refractivity contribution in [2.24, 2.45) is 9.98 Å². The molecule has 6 heteroatoms. The molecule has 2 heterocycles. The minimum atomic E-state index is 0.618. The molecule has 0 atom stereocenters. The summed E-state index contributed by atoms with van der Waals surface area (Å²) in [7, 11) is 0. The molecule has 2 aliphatic rings. The molecule has 0 aromatic heterocycles. The highest BCUT2D eigenvalue weighted by molar-refractivity contribution is 6.36. The molecule has 0 fully saturated rings. The molecule has 24 heavy (non-hydrogen) atoms. The van der Waals surface area contributed by atoms with Crippen LogP contribution in [-0.4, -0.2) is 38.0 Å². The van der Waals surface area contributed by atoms with E-state index in [1.54, 1.807) is 0 Å². The Kier molecular flexibility index (Phi) is 4.17. The van der Waals surface area contributed by atoms with Crippen LogP contribution in [0.4, 0.5) is 5.69 Å². The minimum absolute atomic E-state index is 0.618. The van der Waals surface area contributed by atoms with Crippen molar-refractivity contribution in [3.05, 3.63) is 63.6 Å². The maximum absolute atomic E-state index is 6.40. The highest BCUT2D eigenvalue weighted by Gasteiger charge is 2.26. The first-order valence-electron chi connectivity index (χ1n) is 7.78. The molecule has 0 saturated heterocycles. The number of rotatable bonds is 1. The second-order valence-electron chi connectivity index (χ2n) is 5.54. The number of benzodiazepines with no additional fused rings is 1. The SMILES string of the molecule is Clc1ccc2c(c1)C(c1ccccc1Cl)=NCCN2C1=NCCO1. The topological polar surface area (TPSA) is 37.2 Å². The third-order valence-electron chi connectivity index (χ3n) is 4.03. The number of anilines is 1. The number of aliphatic imine (C=N–C) groups is 2. The van der Waals surface area contributed by atoms with E-state index in [9.17, 15) is 0 Å². The zero-order chi connectivity index (χ0) is 16.5. The van der Waals surface area contributed by atoms with Crippen LogP contribution < -0.4 is 4.90 Å². The van der Waals surface area contributed by atoms with Crippen LogP contribution in [0.5, 0.6) is 0 Å². The van der Waals surface area contributed by atoms with Crippen LogP contribution >= 0.6 is 23.2 Å². The summed E-state index contributed by atoms with van der Waals surface area (Å²) in [4.78, 5) is 11.3. The summed E-state index contributed by atoms with van der Waals surface area (Å²) >= 11 is 12.7. The van der Waals surface area contributed by atoms with Crippen LogP contribution in [-0.2, 0) is 4.74 Å². The van der Waals surface area contributed by atoms with Gasteiger partial charge in [0.2, 0.25) is 0 Å². The molecule has 122 valence electrons. The average molecular weight is 360 g/mol. The van der Waals surface area contributed by atoms with Crippen molar-refractivity contribution in [2.45, 2.75) is 0 Å². The number of halogens is 2. The molecular formula is C18H15Cl2N3O. The van der Waals surface area contributed by atoms with Crippen molar-refractivity contribution >= 4 is 40.6 Å². The summed E-state index contributed by atoms with van der Waals surface area (Å²) < 4.78 is 5.67. The summed E-state index contributed by atoms with van der Waals surface area (Å²) in [6.45, 7) is 2.62. The van der Waals surface area contributed by atoms with Crippen LogP contribution in [0.2, 0.25) is 10.0 Å². The van der Waals surface area contributed by atoms with E-state index in [1.165, 1.54) is 0 Å². The van der Waals surface area contributed by atoms with E-state index in [-0.39, 0.29) is 0 Å². The zero-order valence-electron chi connectivity index (χ0n) is 12.9. The molecule has 4 rings (SSSR count). The van der Waals surface area contributed by atoms with Gasteiger partial charge in [-0.1, -0.05) is 41.4 Å². The van der Waals surface area contributed by atoms with E-state index in [0.717, 1.165) is 22.5 Å². The van der Waals surface area contributed by atoms with Gasteiger partial charge in [0.15, 0.2) is 0 Å². The molecule has 2 aliphatic heterocycles. The monoisotopic (exact) mass is 359 g/mol. The lowest BCUT2D eigenvalue weighted by Crippen LogP contribution is -2.33. The van der Waals surface area contributed by atoms with Gasteiger partial charge in [-0.2, -0.15) is 0 Å². The van der Waals surface area contributed by atoms with E-state index in [0.29, 0.717) is 42.3 Å². The molecule has 2 aromatic carbocycles. The summed E-state index contributed by atoms with van der Waals surface area (Å²) in [5, 5.41) is 1.33. The van der Waals surface area contributed by atoms with Crippen LogP contribution in [0.15, 0.2) is 52.4 Å². The first-order valence-corrected chi connectivity index (χ1v) is 8.54. The van der Waals surface area contributed by atoms with Crippen LogP contribution in [0.25, 0.3) is 0 Å². The van der Waals surface area contributed by atoms with Gasteiger partial charge in [-0.25, -0.2) is 4.99 Å². The van der Waals surface area contributed by atoms with Gasteiger partial charge in [0.1, 0.15) is 6.61 Å². The van der Waals surface area contributed by atoms with Crippen molar-refractivity contribution in [2.75, 3.05) is 31.1 Å². The average Bonchev–Trinajstić information content (AvgIpc) is 3.05. The Morgan fingerprint density at radius 2 is 1.83 bits per heavy atom. The van der Waals surface area contributed by atoms with Crippen LogP contribution in [0.3, 0.4) is 0 Å². The third-order valence-corrected chi connectivity index (χ3v) is 4.59. The van der Waals surface area contributed by atoms with Gasteiger partial charge in [-0.3, -0.25) is 9.89 Å². The quantitative estimate of drug-likeness (QED) is 0.770. The Balaban J connectivity index is 1.87. The zero-order valence-corrected chi connectivity index (χ0v) is 14.4. The molecule has 0 saturated carbocycles. The summed E-state index contributed by atoms with van der Waals surface area (Å²) in [5.41, 5.74) is 3.67. The molecule has 0 bridgehead atoms. The second kappa shape index (κ2) is 6.46. The predicted molar refractivity (Wildman–Crippen MR) is 99.0 cm³/mol. The summed E-state index contributed by atoms with van der Waals surface area (Å²) in [6.07, 6.45) is 0. The second-order valence-corrected chi connectivity index (χ2v) is 6.38. The number of amidine groups is 1. The Morgan fingerprint density at radius 1 is 0.958 bits per heavy atom. The Morgan fingerprint density at radius 3 is 2.62 bits per heavy atom. The fourth-order valence-electron chi connectivity index (χ4n) is 2.97. The van der Waals surface area contributed by atoms with E-state index in [4.69, 9.17) is 32.9 Å². The molecule has 0 amide bonds. The van der Waals surface area contributed by atoms with E-state index in [2.05, 4.69) is 9.89 Å². The van der Waals surface area contributed by atoms with Gasteiger partial charge in [0.25, 0.3) is 6.02 Å². The fraction of sp³-hybridized carbons (Fsp3) is 0.222. The van der Waals surface area contributed by atoms with Gasteiger partial charge >= 0.3 is 0 Å². The van der Waals surface area contributed by atoms with Crippen molar-refractivity contribution in [3.63, 3.8) is 0 Å². The smallest absolute Gasteiger partial charge is 0.292 e. The predicted octanol–water partition coefficient (Wildman–Crippen LogP) is 4.04. The first kappa shape index (κ1) is 15.5. The number of hydrogen-bond donors (Lipinski definition) is 0. The highest BCUT2D eigenvalue weighted by atomic mass is 35.5.